The molecule has 11 heteroatoms. The third-order valence-corrected chi connectivity index (χ3v) is 8.35. The number of nitrogens with zero attached hydrogens (tertiary/aromatic N) is 5. The number of hydrogen-bond donors (Lipinski definition) is 1. The normalized spacial score (nSPS) is 15.8. The molecule has 1 fully saturated rings. The van der Waals surface area contributed by atoms with Crippen molar-refractivity contribution < 1.29 is 13.2 Å². The summed E-state index contributed by atoms with van der Waals surface area (Å²) in [5.74, 6) is -0.272. The Hall–Kier alpha value is -2.76. The maximum Gasteiger partial charge on any atom is 0.243 e. The lowest BCUT2D eigenvalue weighted by Crippen LogP contribution is -2.35. The molecule has 33 heavy (non-hydrogen) atoms. The molecule has 4 rings (SSSR count). The molecule has 1 aliphatic rings. The third-order valence-electron chi connectivity index (χ3n) is 5.43. The highest BCUT2D eigenvalue weighted by molar-refractivity contribution is 8.00. The molecule has 1 amide bonds. The Morgan fingerprint density at radius 3 is 2.55 bits per heavy atom. The number of tetrazole rings is 1. The van der Waals surface area contributed by atoms with Crippen molar-refractivity contribution in [2.45, 2.75) is 48.4 Å². The molecule has 9 nitrogen and oxygen atoms in total. The van der Waals surface area contributed by atoms with E-state index in [-0.39, 0.29) is 10.8 Å². The van der Waals surface area contributed by atoms with E-state index in [9.17, 15) is 13.2 Å². The molecule has 0 aliphatic carbocycles. The van der Waals surface area contributed by atoms with Gasteiger partial charge in [0.15, 0.2) is 0 Å². The van der Waals surface area contributed by atoms with Crippen LogP contribution < -0.4 is 5.32 Å². The summed E-state index contributed by atoms with van der Waals surface area (Å²) in [6, 6.07) is 14.1. The van der Waals surface area contributed by atoms with Crippen molar-refractivity contribution in [2.75, 3.05) is 18.4 Å². The molecule has 2 aromatic carbocycles. The van der Waals surface area contributed by atoms with Gasteiger partial charge in [-0.1, -0.05) is 41.9 Å². The van der Waals surface area contributed by atoms with Gasteiger partial charge < -0.3 is 5.32 Å². The number of carbonyl (C=O) groups excluding carboxylic acids is 1. The van der Waals surface area contributed by atoms with Gasteiger partial charge in [-0.3, -0.25) is 4.79 Å². The van der Waals surface area contributed by atoms with Crippen molar-refractivity contribution in [2.24, 2.45) is 0 Å². The molecule has 174 valence electrons. The first-order chi connectivity index (χ1) is 15.8. The van der Waals surface area contributed by atoms with E-state index in [0.717, 1.165) is 30.5 Å². The molecule has 0 saturated carbocycles. The summed E-state index contributed by atoms with van der Waals surface area (Å²) in [4.78, 5) is 13.0. The van der Waals surface area contributed by atoms with Gasteiger partial charge in [0.2, 0.25) is 21.1 Å². The van der Waals surface area contributed by atoms with Gasteiger partial charge in [0.25, 0.3) is 0 Å². The lowest BCUT2D eigenvalue weighted by Gasteiger charge is -2.26. The summed E-state index contributed by atoms with van der Waals surface area (Å²) in [7, 11) is -3.57. The van der Waals surface area contributed by atoms with E-state index in [4.69, 9.17) is 0 Å². The minimum atomic E-state index is -3.57. The van der Waals surface area contributed by atoms with E-state index in [1.807, 2.05) is 31.2 Å². The van der Waals surface area contributed by atoms with Crippen molar-refractivity contribution in [3.63, 3.8) is 0 Å². The predicted molar refractivity (Wildman–Crippen MR) is 127 cm³/mol. The Kier molecular flexibility index (Phi) is 7.11. The standard InChI is InChI=1S/C22H26N6O3S2/c1-16-9-11-19(12-10-16)28-22(24-25-26-28)32-17(2)21(29)23-18-7-6-8-20(15-18)33(30,31)27-13-4-3-5-14-27/h6-12,15,17H,3-5,13-14H2,1-2H3,(H,23,29). The lowest BCUT2D eigenvalue weighted by molar-refractivity contribution is -0.115. The highest BCUT2D eigenvalue weighted by Crippen LogP contribution is 2.26. The van der Waals surface area contributed by atoms with Gasteiger partial charge in [-0.2, -0.15) is 8.99 Å². The largest absolute Gasteiger partial charge is 0.325 e. The molecule has 3 aromatic rings. The molecule has 2 heterocycles. The summed E-state index contributed by atoms with van der Waals surface area (Å²) < 4.78 is 29.0. The highest BCUT2D eigenvalue weighted by atomic mass is 32.2. The van der Waals surface area contributed by atoms with Crippen LogP contribution in [-0.2, 0) is 14.8 Å². The average molecular weight is 487 g/mol. The molecule has 1 aliphatic heterocycles. The zero-order valence-corrected chi connectivity index (χ0v) is 20.1. The number of aromatic nitrogens is 4. The number of thioether (sulfide) groups is 1. The summed E-state index contributed by atoms with van der Waals surface area (Å²) >= 11 is 1.22. The molecular weight excluding hydrogens is 460 g/mol. The third kappa shape index (κ3) is 5.43. The molecule has 0 radical (unpaired) electrons. The van der Waals surface area contributed by atoms with E-state index < -0.39 is 15.3 Å². The van der Waals surface area contributed by atoms with Gasteiger partial charge in [-0.25, -0.2) is 8.42 Å². The highest BCUT2D eigenvalue weighted by Gasteiger charge is 2.26. The first-order valence-electron chi connectivity index (χ1n) is 10.8. The van der Waals surface area contributed by atoms with Gasteiger partial charge in [-0.15, -0.1) is 5.10 Å². The molecule has 1 atom stereocenters. The van der Waals surface area contributed by atoms with Crippen LogP contribution >= 0.6 is 11.8 Å². The van der Waals surface area contributed by atoms with Crippen molar-refractivity contribution >= 4 is 33.4 Å². The van der Waals surface area contributed by atoms with E-state index in [1.165, 1.54) is 22.1 Å². The number of amides is 1. The fourth-order valence-electron chi connectivity index (χ4n) is 3.54. The first kappa shape index (κ1) is 23.4. The van der Waals surface area contributed by atoms with Crippen LogP contribution in [0.4, 0.5) is 5.69 Å². The van der Waals surface area contributed by atoms with E-state index in [2.05, 4.69) is 20.8 Å². The molecule has 1 saturated heterocycles. The quantitative estimate of drug-likeness (QED) is 0.510. The van der Waals surface area contributed by atoms with Crippen LogP contribution in [0.2, 0.25) is 0 Å². The number of nitrogens with one attached hydrogen (secondary N) is 1. The number of sulfonamides is 1. The Morgan fingerprint density at radius 2 is 1.82 bits per heavy atom. The molecule has 1 aromatic heterocycles. The second-order valence-electron chi connectivity index (χ2n) is 7.95. The van der Waals surface area contributed by atoms with Gasteiger partial charge in [0.05, 0.1) is 15.8 Å². The lowest BCUT2D eigenvalue weighted by atomic mass is 10.2. The predicted octanol–water partition coefficient (Wildman–Crippen LogP) is 3.26. The monoisotopic (exact) mass is 486 g/mol. The van der Waals surface area contributed by atoms with Gasteiger partial charge in [0, 0.05) is 18.8 Å². The van der Waals surface area contributed by atoms with Crippen LogP contribution in [0.5, 0.6) is 0 Å². The topological polar surface area (TPSA) is 110 Å². The van der Waals surface area contributed by atoms with Crippen LogP contribution in [0.15, 0.2) is 58.6 Å². The Labute approximate surface area is 197 Å². The van der Waals surface area contributed by atoms with Crippen LogP contribution in [0.3, 0.4) is 0 Å². The Balaban J connectivity index is 1.44. The van der Waals surface area contributed by atoms with Crippen molar-refractivity contribution in [1.29, 1.82) is 0 Å². The SMILES string of the molecule is Cc1ccc(-n2nnnc2SC(C)C(=O)Nc2cccc(S(=O)(=O)N3CCCCC3)c2)cc1. The van der Waals surface area contributed by atoms with Crippen LogP contribution in [0.25, 0.3) is 5.69 Å². The van der Waals surface area contributed by atoms with Crippen molar-refractivity contribution in [3.05, 3.63) is 54.1 Å². The zero-order valence-electron chi connectivity index (χ0n) is 18.5. The number of anilines is 1. The molecule has 0 bridgehead atoms. The van der Waals surface area contributed by atoms with Crippen LogP contribution in [-0.4, -0.2) is 57.2 Å². The minimum absolute atomic E-state index is 0.186. The molecule has 1 N–H and O–H groups in total. The molecule has 1 unspecified atom stereocenters. The molecule has 0 spiro atoms. The summed E-state index contributed by atoms with van der Waals surface area (Å²) in [5.41, 5.74) is 2.36. The number of aryl methyl sites for hydroxylation is 1. The Morgan fingerprint density at radius 1 is 1.09 bits per heavy atom. The second kappa shape index (κ2) is 10.0. The van der Waals surface area contributed by atoms with Crippen molar-refractivity contribution in [3.8, 4) is 5.69 Å². The molecular formula is C22H26N6O3S2. The number of hydrogen-bond acceptors (Lipinski definition) is 7. The fraction of sp³-hybridized carbons (Fsp3) is 0.364. The van der Waals surface area contributed by atoms with Gasteiger partial charge >= 0.3 is 0 Å². The second-order valence-corrected chi connectivity index (χ2v) is 11.2. The first-order valence-corrected chi connectivity index (χ1v) is 13.1. The van der Waals surface area contributed by atoms with E-state index >= 15 is 0 Å². The number of carbonyl (C=O) groups is 1. The van der Waals surface area contributed by atoms with E-state index in [0.29, 0.717) is 23.9 Å². The smallest absolute Gasteiger partial charge is 0.243 e. The van der Waals surface area contributed by atoms with Crippen molar-refractivity contribution in [1.82, 2.24) is 24.5 Å². The Bertz CT molecular complexity index is 1220. The summed E-state index contributed by atoms with van der Waals surface area (Å²) in [5, 5.41) is 14.6. The van der Waals surface area contributed by atoms with Gasteiger partial charge in [-0.05, 0) is 67.4 Å². The summed E-state index contributed by atoms with van der Waals surface area (Å²) in [6.07, 6.45) is 2.78. The number of rotatable bonds is 7. The van der Waals surface area contributed by atoms with E-state index in [1.54, 1.807) is 29.8 Å². The minimum Gasteiger partial charge on any atom is -0.325 e. The fourth-order valence-corrected chi connectivity index (χ4v) is 5.92. The number of piperidine rings is 1. The maximum absolute atomic E-state index is 12.9. The zero-order chi connectivity index (χ0) is 23.4. The van der Waals surface area contributed by atoms with Gasteiger partial charge in [0.1, 0.15) is 0 Å². The average Bonchev–Trinajstić information content (AvgIpc) is 3.28. The number of benzene rings is 2. The van der Waals surface area contributed by atoms with Crippen LogP contribution in [0.1, 0.15) is 31.7 Å². The van der Waals surface area contributed by atoms with Crippen LogP contribution in [0, 0.1) is 6.92 Å². The summed E-state index contributed by atoms with van der Waals surface area (Å²) in [6.45, 7) is 4.81. The maximum atomic E-state index is 12.9.